The molecule has 0 radical (unpaired) electrons. The van der Waals surface area contributed by atoms with Crippen molar-refractivity contribution in [1.29, 1.82) is 0 Å². The van der Waals surface area contributed by atoms with Gasteiger partial charge in [0.25, 0.3) is 0 Å². The van der Waals surface area contributed by atoms with Crippen molar-refractivity contribution in [2.75, 3.05) is 7.11 Å². The van der Waals surface area contributed by atoms with Gasteiger partial charge in [0.1, 0.15) is 5.75 Å². The standard InChI is InChI=1S/C14H21NOS/c1-10(15)14-12(16-2)8-5-9-13(14)17-11-6-3-4-7-11/h5,8-11H,3-4,6-7,15H2,1-2H3/t10-/m0/s1. The van der Waals surface area contributed by atoms with E-state index in [9.17, 15) is 0 Å². The Morgan fingerprint density at radius 3 is 2.65 bits per heavy atom. The molecule has 0 amide bonds. The Hall–Kier alpha value is -0.670. The van der Waals surface area contributed by atoms with E-state index in [0.29, 0.717) is 0 Å². The maximum atomic E-state index is 6.07. The van der Waals surface area contributed by atoms with Crippen LogP contribution in [0.4, 0.5) is 0 Å². The van der Waals surface area contributed by atoms with Crippen molar-refractivity contribution in [2.24, 2.45) is 5.73 Å². The summed E-state index contributed by atoms with van der Waals surface area (Å²) >= 11 is 1.98. The first-order chi connectivity index (χ1) is 8.22. The van der Waals surface area contributed by atoms with Crippen LogP contribution in [-0.4, -0.2) is 12.4 Å². The van der Waals surface area contributed by atoms with Crippen molar-refractivity contribution in [3.8, 4) is 5.75 Å². The van der Waals surface area contributed by atoms with Gasteiger partial charge in [-0.15, -0.1) is 11.8 Å². The first kappa shape index (κ1) is 12.8. The number of hydrogen-bond acceptors (Lipinski definition) is 3. The Kier molecular flexibility index (Phi) is 4.35. The molecule has 0 aromatic heterocycles. The van der Waals surface area contributed by atoms with Crippen LogP contribution in [-0.2, 0) is 0 Å². The minimum Gasteiger partial charge on any atom is -0.496 e. The molecule has 1 aliphatic carbocycles. The summed E-state index contributed by atoms with van der Waals surface area (Å²) in [6.45, 7) is 2.02. The molecule has 0 heterocycles. The summed E-state index contributed by atoms with van der Waals surface area (Å²) in [7, 11) is 1.71. The van der Waals surface area contributed by atoms with E-state index in [1.54, 1.807) is 7.11 Å². The van der Waals surface area contributed by atoms with Crippen LogP contribution in [0.2, 0.25) is 0 Å². The van der Waals surface area contributed by atoms with E-state index in [4.69, 9.17) is 10.5 Å². The average molecular weight is 251 g/mol. The molecular weight excluding hydrogens is 230 g/mol. The highest BCUT2D eigenvalue weighted by molar-refractivity contribution is 8.00. The molecule has 2 nitrogen and oxygen atoms in total. The van der Waals surface area contributed by atoms with E-state index < -0.39 is 0 Å². The predicted octanol–water partition coefficient (Wildman–Crippen LogP) is 3.75. The molecule has 3 heteroatoms. The third-order valence-corrected chi connectivity index (χ3v) is 4.71. The highest BCUT2D eigenvalue weighted by atomic mass is 32.2. The van der Waals surface area contributed by atoms with E-state index >= 15 is 0 Å². The van der Waals surface area contributed by atoms with E-state index in [-0.39, 0.29) is 6.04 Å². The zero-order valence-electron chi connectivity index (χ0n) is 10.6. The first-order valence-corrected chi connectivity index (χ1v) is 7.19. The number of nitrogens with two attached hydrogens (primary N) is 1. The number of ether oxygens (including phenoxy) is 1. The second-order valence-corrected chi connectivity index (χ2v) is 6.03. The number of thioether (sulfide) groups is 1. The zero-order valence-corrected chi connectivity index (χ0v) is 11.4. The van der Waals surface area contributed by atoms with E-state index in [2.05, 4.69) is 12.1 Å². The Morgan fingerprint density at radius 1 is 1.35 bits per heavy atom. The van der Waals surface area contributed by atoms with Crippen LogP contribution in [0.5, 0.6) is 5.75 Å². The van der Waals surface area contributed by atoms with Gasteiger partial charge in [0.2, 0.25) is 0 Å². The number of benzene rings is 1. The van der Waals surface area contributed by atoms with E-state index in [1.807, 2.05) is 24.8 Å². The monoisotopic (exact) mass is 251 g/mol. The van der Waals surface area contributed by atoms with Crippen LogP contribution < -0.4 is 10.5 Å². The molecule has 1 aliphatic rings. The van der Waals surface area contributed by atoms with Crippen LogP contribution in [0.25, 0.3) is 0 Å². The van der Waals surface area contributed by atoms with Gasteiger partial charge < -0.3 is 10.5 Å². The summed E-state index contributed by atoms with van der Waals surface area (Å²) in [6, 6.07) is 6.25. The van der Waals surface area contributed by atoms with Crippen molar-refractivity contribution in [3.63, 3.8) is 0 Å². The van der Waals surface area contributed by atoms with Crippen LogP contribution in [0.1, 0.15) is 44.2 Å². The average Bonchev–Trinajstić information content (AvgIpc) is 2.81. The van der Waals surface area contributed by atoms with Gasteiger partial charge in [0.15, 0.2) is 0 Å². The molecular formula is C14H21NOS. The van der Waals surface area contributed by atoms with Crippen molar-refractivity contribution in [2.45, 2.75) is 48.8 Å². The summed E-state index contributed by atoms with van der Waals surface area (Å²) in [5, 5.41) is 0.764. The fourth-order valence-corrected chi connectivity index (χ4v) is 3.94. The molecule has 1 aromatic rings. The fraction of sp³-hybridized carbons (Fsp3) is 0.571. The number of rotatable bonds is 4. The minimum atomic E-state index is 0.0232. The zero-order chi connectivity index (χ0) is 12.3. The van der Waals surface area contributed by atoms with Gasteiger partial charge in [-0.1, -0.05) is 18.9 Å². The summed E-state index contributed by atoms with van der Waals surface area (Å²) in [6.07, 6.45) is 5.41. The lowest BCUT2D eigenvalue weighted by Gasteiger charge is -2.18. The molecule has 2 rings (SSSR count). The molecule has 1 atom stereocenters. The molecule has 17 heavy (non-hydrogen) atoms. The normalized spacial score (nSPS) is 18.3. The molecule has 0 unspecified atom stereocenters. The maximum absolute atomic E-state index is 6.07. The lowest BCUT2D eigenvalue weighted by molar-refractivity contribution is 0.405. The van der Waals surface area contributed by atoms with Crippen LogP contribution in [0.15, 0.2) is 23.1 Å². The molecule has 0 aliphatic heterocycles. The Labute approximate surface area is 108 Å². The van der Waals surface area contributed by atoms with Crippen molar-refractivity contribution < 1.29 is 4.74 Å². The summed E-state index contributed by atoms with van der Waals surface area (Å²) in [5.41, 5.74) is 7.23. The molecule has 0 saturated heterocycles. The van der Waals surface area contributed by atoms with Gasteiger partial charge in [-0.25, -0.2) is 0 Å². The topological polar surface area (TPSA) is 35.2 Å². The van der Waals surface area contributed by atoms with E-state index in [0.717, 1.165) is 16.6 Å². The van der Waals surface area contributed by atoms with Gasteiger partial charge in [-0.2, -0.15) is 0 Å². The fourth-order valence-electron chi connectivity index (χ4n) is 2.44. The molecule has 94 valence electrons. The van der Waals surface area contributed by atoms with Gasteiger partial charge in [0, 0.05) is 21.8 Å². The third kappa shape index (κ3) is 2.96. The quantitative estimate of drug-likeness (QED) is 0.885. The first-order valence-electron chi connectivity index (χ1n) is 6.31. The van der Waals surface area contributed by atoms with Gasteiger partial charge in [0.05, 0.1) is 7.11 Å². The summed E-state index contributed by atoms with van der Waals surface area (Å²) in [4.78, 5) is 1.30. The lowest BCUT2D eigenvalue weighted by atomic mass is 10.1. The Balaban J connectivity index is 2.25. The number of methoxy groups -OCH3 is 1. The predicted molar refractivity (Wildman–Crippen MR) is 73.7 cm³/mol. The van der Waals surface area contributed by atoms with Gasteiger partial charge >= 0.3 is 0 Å². The summed E-state index contributed by atoms with van der Waals surface area (Å²) in [5.74, 6) is 0.919. The third-order valence-electron chi connectivity index (χ3n) is 3.30. The minimum absolute atomic E-state index is 0.0232. The Morgan fingerprint density at radius 2 is 2.06 bits per heavy atom. The molecule has 1 aromatic carbocycles. The highest BCUT2D eigenvalue weighted by Gasteiger charge is 2.20. The van der Waals surface area contributed by atoms with Crippen LogP contribution >= 0.6 is 11.8 Å². The number of hydrogen-bond donors (Lipinski definition) is 1. The van der Waals surface area contributed by atoms with Crippen molar-refractivity contribution in [3.05, 3.63) is 23.8 Å². The second-order valence-electron chi connectivity index (χ2n) is 4.69. The smallest absolute Gasteiger partial charge is 0.124 e. The second kappa shape index (κ2) is 5.78. The van der Waals surface area contributed by atoms with Gasteiger partial charge in [-0.05, 0) is 31.9 Å². The van der Waals surface area contributed by atoms with Gasteiger partial charge in [-0.3, -0.25) is 0 Å². The Bertz CT molecular complexity index is 372. The molecule has 0 spiro atoms. The maximum Gasteiger partial charge on any atom is 0.124 e. The molecule has 1 saturated carbocycles. The summed E-state index contributed by atoms with van der Waals surface area (Å²) < 4.78 is 5.42. The largest absolute Gasteiger partial charge is 0.496 e. The van der Waals surface area contributed by atoms with Crippen molar-refractivity contribution in [1.82, 2.24) is 0 Å². The molecule has 0 bridgehead atoms. The molecule has 2 N–H and O–H groups in total. The van der Waals surface area contributed by atoms with Crippen LogP contribution in [0, 0.1) is 0 Å². The lowest BCUT2D eigenvalue weighted by Crippen LogP contribution is -2.09. The SMILES string of the molecule is COc1cccc(SC2CCCC2)c1[C@H](C)N. The highest BCUT2D eigenvalue weighted by Crippen LogP contribution is 2.40. The van der Waals surface area contributed by atoms with Crippen LogP contribution in [0.3, 0.4) is 0 Å². The van der Waals surface area contributed by atoms with Crippen molar-refractivity contribution >= 4 is 11.8 Å². The van der Waals surface area contributed by atoms with E-state index in [1.165, 1.54) is 30.6 Å². The molecule has 1 fully saturated rings.